The van der Waals surface area contributed by atoms with Crippen molar-refractivity contribution in [1.29, 1.82) is 0 Å². The van der Waals surface area contributed by atoms with Crippen LogP contribution in [0.5, 0.6) is 0 Å². The van der Waals surface area contributed by atoms with Crippen LogP contribution in [0.25, 0.3) is 0 Å². The summed E-state index contributed by atoms with van der Waals surface area (Å²) in [7, 11) is -2.88. The third kappa shape index (κ3) is 7.78. The van der Waals surface area contributed by atoms with E-state index in [-0.39, 0.29) is 23.9 Å². The van der Waals surface area contributed by atoms with Crippen LogP contribution in [0, 0.1) is 17.5 Å². The van der Waals surface area contributed by atoms with Gasteiger partial charge in [-0.1, -0.05) is 0 Å². The van der Waals surface area contributed by atoms with E-state index in [2.05, 4.69) is 0 Å². The van der Waals surface area contributed by atoms with Gasteiger partial charge in [0.25, 0.3) is 0 Å². The molecule has 0 radical (unpaired) electrons. The Kier molecular flexibility index (Phi) is 9.30. The molecule has 0 fully saturated rings. The minimum absolute atomic E-state index is 0.0391. The maximum atomic E-state index is 13.7. The molecule has 0 heterocycles. The minimum Gasteiger partial charge on any atom is -0.371 e. The molecule has 26 heavy (non-hydrogen) atoms. The predicted octanol–water partition coefficient (Wildman–Crippen LogP) is 5.64. The fourth-order valence-electron chi connectivity index (χ4n) is 2.75. The van der Waals surface area contributed by atoms with Crippen LogP contribution in [-0.2, 0) is 19.7 Å². The lowest BCUT2D eigenvalue weighted by molar-refractivity contribution is 0.00281. The Morgan fingerprint density at radius 1 is 0.731 bits per heavy atom. The number of halogens is 3. The van der Waals surface area contributed by atoms with Crippen molar-refractivity contribution in [2.45, 2.75) is 85.2 Å². The third-order valence-electron chi connectivity index (χ3n) is 3.51. The molecule has 1 aromatic rings. The molecular formula is C19H31F3O3Si. The Hall–Kier alpha value is -0.893. The van der Waals surface area contributed by atoms with Crippen LogP contribution in [-0.4, -0.2) is 27.1 Å². The number of unbranched alkanes of at least 4 members (excludes halogenated alkanes) is 1. The number of aryl methyl sites for hydroxylation is 1. The van der Waals surface area contributed by atoms with Crippen LogP contribution in [0.3, 0.4) is 0 Å². The van der Waals surface area contributed by atoms with Crippen molar-refractivity contribution in [3.8, 4) is 0 Å². The number of hydrogen-bond donors (Lipinski definition) is 0. The SMILES string of the molecule is CC(C)O[Si](CCCCc1cc(F)c(F)cc1F)(OC(C)C)OC(C)C. The lowest BCUT2D eigenvalue weighted by Crippen LogP contribution is -2.50. The highest BCUT2D eigenvalue weighted by molar-refractivity contribution is 6.60. The average Bonchev–Trinajstić information content (AvgIpc) is 2.46. The molecule has 0 amide bonds. The molecular weight excluding hydrogens is 361 g/mol. The molecule has 0 aliphatic heterocycles. The molecule has 0 aliphatic carbocycles. The molecule has 7 heteroatoms. The second kappa shape index (κ2) is 10.4. The predicted molar refractivity (Wildman–Crippen MR) is 98.5 cm³/mol. The summed E-state index contributed by atoms with van der Waals surface area (Å²) in [6, 6.07) is 2.11. The zero-order valence-electron chi connectivity index (χ0n) is 16.6. The van der Waals surface area contributed by atoms with E-state index in [1.165, 1.54) is 0 Å². The van der Waals surface area contributed by atoms with Gasteiger partial charge in [-0.05, 0) is 72.4 Å². The molecule has 0 saturated carbocycles. The van der Waals surface area contributed by atoms with Gasteiger partial charge in [-0.15, -0.1) is 0 Å². The van der Waals surface area contributed by atoms with Crippen molar-refractivity contribution >= 4 is 8.80 Å². The fraction of sp³-hybridized carbons (Fsp3) is 0.684. The van der Waals surface area contributed by atoms with Crippen LogP contribution in [0.1, 0.15) is 59.9 Å². The summed E-state index contributed by atoms with van der Waals surface area (Å²) >= 11 is 0. The minimum atomic E-state index is -2.88. The first kappa shape index (κ1) is 23.1. The first-order valence-electron chi connectivity index (χ1n) is 9.21. The summed E-state index contributed by atoms with van der Waals surface area (Å²) in [6.07, 6.45) is 1.48. The quantitative estimate of drug-likeness (QED) is 0.277. The van der Waals surface area contributed by atoms with Crippen molar-refractivity contribution in [1.82, 2.24) is 0 Å². The summed E-state index contributed by atoms with van der Waals surface area (Å²) in [4.78, 5) is 0. The highest BCUT2D eigenvalue weighted by atomic mass is 28.4. The van der Waals surface area contributed by atoms with E-state index >= 15 is 0 Å². The smallest absolute Gasteiger partial charge is 0.371 e. The molecule has 0 spiro atoms. The number of rotatable bonds is 11. The van der Waals surface area contributed by atoms with E-state index in [1.54, 1.807) is 0 Å². The normalized spacial score (nSPS) is 12.6. The molecule has 0 unspecified atom stereocenters. The van der Waals surface area contributed by atoms with E-state index in [4.69, 9.17) is 13.3 Å². The van der Waals surface area contributed by atoms with Gasteiger partial charge in [0.15, 0.2) is 11.6 Å². The molecule has 0 saturated heterocycles. The molecule has 150 valence electrons. The van der Waals surface area contributed by atoms with E-state index < -0.39 is 26.3 Å². The van der Waals surface area contributed by atoms with E-state index in [0.29, 0.717) is 31.4 Å². The molecule has 0 bridgehead atoms. The molecule has 0 aromatic heterocycles. The van der Waals surface area contributed by atoms with Gasteiger partial charge in [-0.3, -0.25) is 0 Å². The highest BCUT2D eigenvalue weighted by Gasteiger charge is 2.43. The summed E-state index contributed by atoms with van der Waals surface area (Å²) in [5.41, 5.74) is 0.176. The molecule has 0 N–H and O–H groups in total. The van der Waals surface area contributed by atoms with Crippen molar-refractivity contribution in [2.75, 3.05) is 0 Å². The Balaban J connectivity index is 2.74. The maximum Gasteiger partial charge on any atom is 0.501 e. The van der Waals surface area contributed by atoms with Crippen LogP contribution in [0.4, 0.5) is 13.2 Å². The first-order chi connectivity index (χ1) is 12.0. The molecule has 3 nitrogen and oxygen atoms in total. The monoisotopic (exact) mass is 392 g/mol. The second-order valence-electron chi connectivity index (χ2n) is 7.25. The van der Waals surface area contributed by atoms with Gasteiger partial charge < -0.3 is 13.3 Å². The van der Waals surface area contributed by atoms with Crippen LogP contribution in [0.15, 0.2) is 12.1 Å². The maximum absolute atomic E-state index is 13.7. The van der Waals surface area contributed by atoms with Crippen molar-refractivity contribution < 1.29 is 26.4 Å². The van der Waals surface area contributed by atoms with Gasteiger partial charge in [0.2, 0.25) is 0 Å². The second-order valence-corrected chi connectivity index (χ2v) is 9.82. The van der Waals surface area contributed by atoms with Crippen molar-refractivity contribution in [3.63, 3.8) is 0 Å². The molecule has 0 aliphatic rings. The van der Waals surface area contributed by atoms with Crippen LogP contribution in [0.2, 0.25) is 6.04 Å². The topological polar surface area (TPSA) is 27.7 Å². The Bertz CT molecular complexity index is 539. The van der Waals surface area contributed by atoms with Gasteiger partial charge in [0.1, 0.15) is 5.82 Å². The zero-order chi connectivity index (χ0) is 19.9. The largest absolute Gasteiger partial charge is 0.501 e. The Morgan fingerprint density at radius 2 is 1.19 bits per heavy atom. The summed E-state index contributed by atoms with van der Waals surface area (Å²) in [5.74, 6) is -2.92. The van der Waals surface area contributed by atoms with Crippen molar-refractivity contribution in [3.05, 3.63) is 35.1 Å². The third-order valence-corrected chi connectivity index (χ3v) is 6.97. The van der Waals surface area contributed by atoms with E-state index in [9.17, 15) is 13.2 Å². The van der Waals surface area contributed by atoms with E-state index in [1.807, 2.05) is 41.5 Å². The van der Waals surface area contributed by atoms with E-state index in [0.717, 1.165) is 6.07 Å². The molecule has 0 atom stereocenters. The standard InChI is InChI=1S/C19H31F3O3Si/c1-13(2)23-26(24-14(3)4,25-15(5)6)10-8-7-9-16-11-18(21)19(22)12-17(16)20/h11-15H,7-10H2,1-6H3. The lowest BCUT2D eigenvalue weighted by atomic mass is 10.1. The Morgan fingerprint density at radius 3 is 1.65 bits per heavy atom. The highest BCUT2D eigenvalue weighted by Crippen LogP contribution is 2.25. The number of benzene rings is 1. The number of hydrogen-bond acceptors (Lipinski definition) is 3. The van der Waals surface area contributed by atoms with Gasteiger partial charge in [-0.25, -0.2) is 13.2 Å². The fourth-order valence-corrected chi connectivity index (χ4v) is 6.11. The van der Waals surface area contributed by atoms with Gasteiger partial charge in [0.05, 0.1) is 0 Å². The van der Waals surface area contributed by atoms with Crippen LogP contribution < -0.4 is 0 Å². The summed E-state index contributed by atoms with van der Waals surface area (Å²) in [5, 5.41) is 0. The summed E-state index contributed by atoms with van der Waals surface area (Å²) in [6.45, 7) is 11.6. The summed E-state index contributed by atoms with van der Waals surface area (Å²) < 4.78 is 58.3. The van der Waals surface area contributed by atoms with Crippen LogP contribution >= 0.6 is 0 Å². The first-order valence-corrected chi connectivity index (χ1v) is 11.1. The molecule has 1 aromatic carbocycles. The zero-order valence-corrected chi connectivity index (χ0v) is 17.6. The Labute approximate surface area is 156 Å². The van der Waals surface area contributed by atoms with Crippen molar-refractivity contribution in [2.24, 2.45) is 0 Å². The average molecular weight is 393 g/mol. The van der Waals surface area contributed by atoms with Gasteiger partial charge >= 0.3 is 8.80 Å². The van der Waals surface area contributed by atoms with Gasteiger partial charge in [-0.2, -0.15) is 0 Å². The van der Waals surface area contributed by atoms with Gasteiger partial charge in [0, 0.05) is 30.4 Å². The molecule has 1 rings (SSSR count). The lowest BCUT2D eigenvalue weighted by Gasteiger charge is -2.34.